The maximum atomic E-state index is 5.08. The molecule has 0 aliphatic carbocycles. The van der Waals surface area contributed by atoms with Crippen LogP contribution >= 0.6 is 27.7 Å². The number of halogens is 1. The summed E-state index contributed by atoms with van der Waals surface area (Å²) in [5.74, 6) is 1.12. The Hall–Kier alpha value is -1.53. The monoisotopic (exact) mass is 430 g/mol. The highest BCUT2D eigenvalue weighted by Crippen LogP contribution is 2.49. The second-order valence-corrected chi connectivity index (χ2v) is 8.78. The molecule has 6 heteroatoms. The number of fused-ring (bicyclic) bond motifs is 1. The minimum absolute atomic E-state index is 0.0464. The van der Waals surface area contributed by atoms with Crippen LogP contribution in [0.1, 0.15) is 36.7 Å². The first kappa shape index (κ1) is 17.9. The van der Waals surface area contributed by atoms with Gasteiger partial charge in [-0.3, -0.25) is 9.98 Å². The highest BCUT2D eigenvalue weighted by Gasteiger charge is 2.45. The molecule has 4 nitrogen and oxygen atoms in total. The predicted octanol–water partition coefficient (Wildman–Crippen LogP) is 4.89. The molecule has 26 heavy (non-hydrogen) atoms. The molecule has 136 valence electrons. The standard InChI is InChI=1S/C20H23BrN4S/c1-4-14-12-26-20-23-18(16-7-5-6-10-22-16)19(25(14)20)13-8-9-17(24(2)3)15(21)11-13/h5-11,14,18-19H,4,12H2,1-3H3/t14-,18-,19+/m0/s1. The van der Waals surface area contributed by atoms with Gasteiger partial charge in [-0.1, -0.05) is 30.8 Å². The molecule has 0 radical (unpaired) electrons. The number of amidine groups is 1. The molecule has 0 spiro atoms. The topological polar surface area (TPSA) is 31.7 Å². The number of benzene rings is 1. The van der Waals surface area contributed by atoms with Crippen LogP contribution in [0.4, 0.5) is 5.69 Å². The number of pyridine rings is 1. The first-order chi connectivity index (χ1) is 12.6. The Bertz CT molecular complexity index is 824. The second kappa shape index (κ2) is 7.24. The summed E-state index contributed by atoms with van der Waals surface area (Å²) < 4.78 is 1.12. The summed E-state index contributed by atoms with van der Waals surface area (Å²) in [5, 5.41) is 1.17. The lowest BCUT2D eigenvalue weighted by Gasteiger charge is -2.32. The summed E-state index contributed by atoms with van der Waals surface area (Å²) in [7, 11) is 4.13. The van der Waals surface area contributed by atoms with Gasteiger partial charge in [-0.2, -0.15) is 0 Å². The van der Waals surface area contributed by atoms with Crippen molar-refractivity contribution in [1.29, 1.82) is 0 Å². The summed E-state index contributed by atoms with van der Waals surface area (Å²) in [4.78, 5) is 14.4. The summed E-state index contributed by atoms with van der Waals surface area (Å²) >= 11 is 5.64. The highest BCUT2D eigenvalue weighted by atomic mass is 79.9. The summed E-state index contributed by atoms with van der Waals surface area (Å²) in [6.07, 6.45) is 3.00. The van der Waals surface area contributed by atoms with Crippen molar-refractivity contribution in [2.45, 2.75) is 31.5 Å². The van der Waals surface area contributed by atoms with Gasteiger partial charge in [-0.15, -0.1) is 0 Å². The fraction of sp³-hybridized carbons (Fsp3) is 0.400. The largest absolute Gasteiger partial charge is 0.377 e. The third kappa shape index (κ3) is 3.03. The van der Waals surface area contributed by atoms with Crippen molar-refractivity contribution < 1.29 is 0 Å². The SMILES string of the molecule is CC[C@H]1CSC2=N[C@@H](c3ccccn3)[C@@H](c3ccc(N(C)C)c(Br)c3)N21. The van der Waals surface area contributed by atoms with Gasteiger partial charge in [0, 0.05) is 36.6 Å². The fourth-order valence-electron chi connectivity index (χ4n) is 3.78. The molecule has 4 rings (SSSR count). The molecule has 1 aromatic heterocycles. The van der Waals surface area contributed by atoms with Crippen molar-refractivity contribution in [3.63, 3.8) is 0 Å². The summed E-state index contributed by atoms with van der Waals surface area (Å²) in [5.41, 5.74) is 3.52. The Balaban J connectivity index is 1.78. The lowest BCUT2D eigenvalue weighted by molar-refractivity contribution is 0.255. The van der Waals surface area contributed by atoms with Crippen molar-refractivity contribution in [3.05, 3.63) is 58.3 Å². The third-order valence-electron chi connectivity index (χ3n) is 5.12. The van der Waals surface area contributed by atoms with E-state index >= 15 is 0 Å². The molecule has 1 saturated heterocycles. The first-order valence-corrected chi connectivity index (χ1v) is 10.7. The van der Waals surface area contributed by atoms with Gasteiger partial charge in [-0.05, 0) is 52.2 Å². The molecule has 2 aromatic rings. The van der Waals surface area contributed by atoms with Crippen LogP contribution in [0.3, 0.4) is 0 Å². The molecule has 1 fully saturated rings. The van der Waals surface area contributed by atoms with E-state index in [1.54, 1.807) is 0 Å². The van der Waals surface area contributed by atoms with Gasteiger partial charge < -0.3 is 9.80 Å². The molecule has 0 bridgehead atoms. The lowest BCUT2D eigenvalue weighted by atomic mass is 9.95. The van der Waals surface area contributed by atoms with E-state index in [4.69, 9.17) is 4.99 Å². The number of hydrogen-bond donors (Lipinski definition) is 0. The molecule has 0 amide bonds. The zero-order chi connectivity index (χ0) is 18.3. The van der Waals surface area contributed by atoms with Crippen LogP contribution in [0.15, 0.2) is 52.1 Å². The van der Waals surface area contributed by atoms with Crippen LogP contribution < -0.4 is 4.90 Å². The van der Waals surface area contributed by atoms with Gasteiger partial charge in [0.1, 0.15) is 6.04 Å². The summed E-state index contributed by atoms with van der Waals surface area (Å²) in [6.45, 7) is 2.27. The molecule has 1 aromatic carbocycles. The molecular weight excluding hydrogens is 408 g/mol. The number of aliphatic imine (C=N–C) groups is 1. The first-order valence-electron chi connectivity index (χ1n) is 8.96. The van der Waals surface area contributed by atoms with Crippen LogP contribution in [-0.4, -0.2) is 40.9 Å². The van der Waals surface area contributed by atoms with E-state index in [1.165, 1.54) is 16.4 Å². The average molecular weight is 431 g/mol. The van der Waals surface area contributed by atoms with E-state index in [1.807, 2.05) is 24.0 Å². The number of hydrogen-bond acceptors (Lipinski definition) is 5. The van der Waals surface area contributed by atoms with E-state index in [2.05, 4.69) is 82.1 Å². The highest BCUT2D eigenvalue weighted by molar-refractivity contribution is 9.10. The van der Waals surface area contributed by atoms with E-state index in [9.17, 15) is 0 Å². The average Bonchev–Trinajstić information content (AvgIpc) is 3.20. The van der Waals surface area contributed by atoms with E-state index in [0.29, 0.717) is 6.04 Å². The quantitative estimate of drug-likeness (QED) is 0.690. The van der Waals surface area contributed by atoms with Crippen molar-refractivity contribution in [2.24, 2.45) is 4.99 Å². The maximum absolute atomic E-state index is 5.08. The number of aromatic nitrogens is 1. The van der Waals surface area contributed by atoms with Crippen molar-refractivity contribution >= 4 is 38.5 Å². The van der Waals surface area contributed by atoms with E-state index < -0.39 is 0 Å². The smallest absolute Gasteiger partial charge is 0.160 e. The molecule has 2 aliphatic rings. The molecule has 3 heterocycles. The predicted molar refractivity (Wildman–Crippen MR) is 114 cm³/mol. The van der Waals surface area contributed by atoms with Crippen molar-refractivity contribution in [1.82, 2.24) is 9.88 Å². The molecular formula is C20H23BrN4S. The van der Waals surface area contributed by atoms with E-state index in [-0.39, 0.29) is 12.1 Å². The molecule has 2 aliphatic heterocycles. The number of nitrogens with zero attached hydrogens (tertiary/aromatic N) is 4. The van der Waals surface area contributed by atoms with E-state index in [0.717, 1.165) is 22.3 Å². The Labute approximate surface area is 167 Å². The fourth-order valence-corrected chi connectivity index (χ4v) is 5.87. The molecule has 0 unspecified atom stereocenters. The zero-order valence-corrected chi connectivity index (χ0v) is 17.7. The Morgan fingerprint density at radius 1 is 1.27 bits per heavy atom. The molecule has 0 saturated carbocycles. The van der Waals surface area contributed by atoms with Gasteiger partial charge in [0.25, 0.3) is 0 Å². The van der Waals surface area contributed by atoms with Crippen molar-refractivity contribution in [2.75, 3.05) is 24.7 Å². The van der Waals surface area contributed by atoms with Gasteiger partial charge in [-0.25, -0.2) is 0 Å². The Kier molecular flexibility index (Phi) is 4.97. The van der Waals surface area contributed by atoms with Gasteiger partial charge >= 0.3 is 0 Å². The Morgan fingerprint density at radius 3 is 2.77 bits per heavy atom. The van der Waals surface area contributed by atoms with Crippen LogP contribution in [0.25, 0.3) is 0 Å². The summed E-state index contributed by atoms with van der Waals surface area (Å²) in [6, 6.07) is 13.6. The Morgan fingerprint density at radius 2 is 2.12 bits per heavy atom. The number of rotatable bonds is 4. The van der Waals surface area contributed by atoms with Gasteiger partial charge in [0.15, 0.2) is 5.17 Å². The lowest BCUT2D eigenvalue weighted by Crippen LogP contribution is -2.35. The number of anilines is 1. The van der Waals surface area contributed by atoms with Crippen LogP contribution in [-0.2, 0) is 0 Å². The third-order valence-corrected chi connectivity index (χ3v) is 6.89. The van der Waals surface area contributed by atoms with Gasteiger partial charge in [0.2, 0.25) is 0 Å². The normalized spacial score (nSPS) is 24.5. The minimum Gasteiger partial charge on any atom is -0.377 e. The number of thioether (sulfide) groups is 1. The van der Waals surface area contributed by atoms with Crippen LogP contribution in [0.2, 0.25) is 0 Å². The van der Waals surface area contributed by atoms with Crippen LogP contribution in [0.5, 0.6) is 0 Å². The zero-order valence-electron chi connectivity index (χ0n) is 15.3. The van der Waals surface area contributed by atoms with Gasteiger partial charge in [0.05, 0.1) is 17.4 Å². The minimum atomic E-state index is 0.0464. The van der Waals surface area contributed by atoms with Crippen molar-refractivity contribution in [3.8, 4) is 0 Å². The molecule has 3 atom stereocenters. The van der Waals surface area contributed by atoms with Crippen LogP contribution in [0, 0.1) is 0 Å². The maximum Gasteiger partial charge on any atom is 0.160 e. The molecule has 0 N–H and O–H groups in total. The second-order valence-electron chi connectivity index (χ2n) is 6.94.